The van der Waals surface area contributed by atoms with Gasteiger partial charge in [-0.1, -0.05) is 36.4 Å². The number of rotatable bonds is 3. The van der Waals surface area contributed by atoms with Crippen molar-refractivity contribution in [1.82, 2.24) is 4.90 Å². The van der Waals surface area contributed by atoms with E-state index in [2.05, 4.69) is 48.3 Å². The van der Waals surface area contributed by atoms with Crippen molar-refractivity contribution in [1.29, 1.82) is 0 Å². The van der Waals surface area contributed by atoms with E-state index < -0.39 is 0 Å². The Morgan fingerprint density at radius 3 is 2.80 bits per heavy atom. The van der Waals surface area contributed by atoms with Crippen LogP contribution < -0.4 is 4.74 Å². The van der Waals surface area contributed by atoms with Gasteiger partial charge in [0.25, 0.3) is 0 Å². The second-order valence-corrected chi connectivity index (χ2v) is 10.4. The number of aromatic hydroxyl groups is 1. The lowest BCUT2D eigenvalue weighted by Gasteiger charge is -2.66. The molecule has 1 N–H and O–H groups in total. The molecule has 3 heterocycles. The Balaban J connectivity index is 1.32. The molecule has 2 saturated heterocycles. The molecule has 1 spiro atoms. The van der Waals surface area contributed by atoms with Crippen LogP contribution in [0.2, 0.25) is 0 Å². The molecule has 4 nitrogen and oxygen atoms in total. The van der Waals surface area contributed by atoms with Crippen LogP contribution in [0.15, 0.2) is 42.5 Å². The average Bonchev–Trinajstić information content (AvgIpc) is 3.08. The topological polar surface area (TPSA) is 41.9 Å². The first-order valence-corrected chi connectivity index (χ1v) is 11.5. The van der Waals surface area contributed by atoms with Crippen LogP contribution in [-0.4, -0.2) is 48.5 Å². The molecule has 2 aliphatic carbocycles. The molecular weight excluding hydrogens is 374 g/mol. The number of phenols is 1. The molecule has 156 valence electrons. The Morgan fingerprint density at radius 1 is 1.13 bits per heavy atom. The highest BCUT2D eigenvalue weighted by atomic mass is 16.6. The van der Waals surface area contributed by atoms with Gasteiger partial charge in [0.15, 0.2) is 11.5 Å². The maximum absolute atomic E-state index is 10.7. The summed E-state index contributed by atoms with van der Waals surface area (Å²) in [7, 11) is 2.30. The van der Waals surface area contributed by atoms with E-state index in [1.54, 1.807) is 0 Å². The van der Waals surface area contributed by atoms with Gasteiger partial charge in [-0.15, -0.1) is 0 Å². The molecule has 0 aromatic heterocycles. The van der Waals surface area contributed by atoms with E-state index in [9.17, 15) is 5.11 Å². The van der Waals surface area contributed by atoms with Gasteiger partial charge in [0.1, 0.15) is 12.2 Å². The number of likely N-dealkylation sites (tertiary alicyclic amines) is 1. The molecule has 30 heavy (non-hydrogen) atoms. The molecular formula is C26H29NO3. The molecule has 2 bridgehead atoms. The molecule has 4 heteroatoms. The van der Waals surface area contributed by atoms with Gasteiger partial charge in [-0.2, -0.15) is 0 Å². The van der Waals surface area contributed by atoms with Crippen molar-refractivity contribution in [2.75, 3.05) is 20.2 Å². The third kappa shape index (κ3) is 2.00. The molecule has 2 aromatic carbocycles. The third-order valence-electron chi connectivity index (χ3n) is 9.25. The Hall–Kier alpha value is -2.04. The number of benzene rings is 2. The molecule has 5 aliphatic rings. The van der Waals surface area contributed by atoms with E-state index in [-0.39, 0.29) is 23.0 Å². The SMILES string of the molecule is CN1CCC23c4c5ccc(O)c4OC2[C@H]2OC[C@@]2(CCc2ccccc2)CC3C1C5. The van der Waals surface area contributed by atoms with Crippen molar-refractivity contribution in [3.63, 3.8) is 0 Å². The molecule has 0 amide bonds. The molecule has 1 saturated carbocycles. The Kier molecular flexibility index (Phi) is 3.41. The second-order valence-electron chi connectivity index (χ2n) is 10.4. The third-order valence-corrected chi connectivity index (χ3v) is 9.25. The predicted molar refractivity (Wildman–Crippen MR) is 114 cm³/mol. The van der Waals surface area contributed by atoms with Crippen molar-refractivity contribution >= 4 is 0 Å². The van der Waals surface area contributed by atoms with E-state index in [4.69, 9.17) is 9.47 Å². The van der Waals surface area contributed by atoms with Gasteiger partial charge in [-0.3, -0.25) is 0 Å². The van der Waals surface area contributed by atoms with Gasteiger partial charge < -0.3 is 19.5 Å². The van der Waals surface area contributed by atoms with Crippen molar-refractivity contribution in [3.05, 3.63) is 59.2 Å². The summed E-state index contributed by atoms with van der Waals surface area (Å²) in [4.78, 5) is 2.59. The molecule has 0 radical (unpaired) electrons. The predicted octanol–water partition coefficient (Wildman–Crippen LogP) is 3.69. The number of ether oxygens (including phenoxy) is 2. The quantitative estimate of drug-likeness (QED) is 0.849. The molecule has 2 aromatic rings. The summed E-state index contributed by atoms with van der Waals surface area (Å²) >= 11 is 0. The number of phenolic OH excluding ortho intramolecular Hbond substituents is 1. The minimum Gasteiger partial charge on any atom is -0.504 e. The van der Waals surface area contributed by atoms with Gasteiger partial charge in [0, 0.05) is 22.4 Å². The summed E-state index contributed by atoms with van der Waals surface area (Å²) in [5.74, 6) is 1.65. The normalized spacial score (nSPS) is 40.2. The fourth-order valence-corrected chi connectivity index (χ4v) is 7.78. The highest BCUT2D eigenvalue weighted by molar-refractivity contribution is 5.61. The van der Waals surface area contributed by atoms with Gasteiger partial charge in [0.05, 0.1) is 6.61 Å². The first kappa shape index (κ1) is 17.6. The average molecular weight is 404 g/mol. The number of hydrogen-bond donors (Lipinski definition) is 1. The largest absolute Gasteiger partial charge is 0.504 e. The monoisotopic (exact) mass is 403 g/mol. The molecule has 7 rings (SSSR count). The van der Waals surface area contributed by atoms with Crippen LogP contribution in [0, 0.1) is 11.3 Å². The fraction of sp³-hybridized carbons (Fsp3) is 0.538. The summed E-state index contributed by atoms with van der Waals surface area (Å²) in [6, 6.07) is 15.4. The zero-order chi connectivity index (χ0) is 20.1. The summed E-state index contributed by atoms with van der Waals surface area (Å²) in [6.45, 7) is 1.95. The minimum atomic E-state index is 0.0141. The Labute approximate surface area is 177 Å². The second kappa shape index (κ2) is 5.80. The molecule has 3 aliphatic heterocycles. The van der Waals surface area contributed by atoms with Gasteiger partial charge in [0.2, 0.25) is 0 Å². The number of nitrogens with zero attached hydrogens (tertiary/aromatic N) is 1. The van der Waals surface area contributed by atoms with E-state index in [0.29, 0.717) is 17.7 Å². The zero-order valence-electron chi connectivity index (χ0n) is 17.5. The molecule has 4 unspecified atom stereocenters. The summed E-state index contributed by atoms with van der Waals surface area (Å²) in [5, 5.41) is 10.7. The maximum Gasteiger partial charge on any atom is 0.165 e. The summed E-state index contributed by atoms with van der Waals surface area (Å²) < 4.78 is 13.0. The number of fused-ring (bicyclic) bond motifs is 2. The highest BCUT2D eigenvalue weighted by Gasteiger charge is 2.73. The standard InChI is InChI=1S/C26H29NO3/c1-27-12-11-26-18-14-25(10-9-16-5-3-2-4-6-16)15-29-23(25)24(26)30-22-20(28)8-7-17(21(22)26)13-19(18)27/h2-8,18-19,23-24,28H,9-15H2,1H3/t18?,19?,23-,24?,25-,26?/m1/s1. The van der Waals surface area contributed by atoms with Crippen molar-refractivity contribution in [3.8, 4) is 11.5 Å². The van der Waals surface area contributed by atoms with E-state index in [1.165, 1.54) is 23.1 Å². The van der Waals surface area contributed by atoms with E-state index in [0.717, 1.165) is 44.6 Å². The van der Waals surface area contributed by atoms with Crippen LogP contribution in [0.25, 0.3) is 0 Å². The highest BCUT2D eigenvalue weighted by Crippen LogP contribution is 2.69. The van der Waals surface area contributed by atoms with E-state index in [1.807, 2.05) is 6.07 Å². The Bertz CT molecular complexity index is 1020. The smallest absolute Gasteiger partial charge is 0.165 e. The first-order chi connectivity index (χ1) is 14.6. The number of hydrogen-bond acceptors (Lipinski definition) is 4. The number of aryl methyl sites for hydroxylation is 1. The van der Waals surface area contributed by atoms with Crippen molar-refractivity contribution in [2.24, 2.45) is 11.3 Å². The van der Waals surface area contributed by atoms with Crippen LogP contribution in [0.4, 0.5) is 0 Å². The minimum absolute atomic E-state index is 0.0141. The van der Waals surface area contributed by atoms with Crippen LogP contribution >= 0.6 is 0 Å². The van der Waals surface area contributed by atoms with Crippen molar-refractivity contribution < 1.29 is 14.6 Å². The number of likely N-dealkylation sites (N-methyl/N-ethyl adjacent to an activating group) is 1. The van der Waals surface area contributed by atoms with Crippen LogP contribution in [0.3, 0.4) is 0 Å². The maximum atomic E-state index is 10.7. The van der Waals surface area contributed by atoms with Crippen LogP contribution in [0.5, 0.6) is 11.5 Å². The molecule has 3 fully saturated rings. The van der Waals surface area contributed by atoms with Crippen LogP contribution in [-0.2, 0) is 23.0 Å². The first-order valence-electron chi connectivity index (χ1n) is 11.5. The van der Waals surface area contributed by atoms with Crippen molar-refractivity contribution in [2.45, 2.75) is 55.8 Å². The van der Waals surface area contributed by atoms with Gasteiger partial charge in [-0.05, 0) is 68.8 Å². The zero-order valence-corrected chi connectivity index (χ0v) is 17.5. The number of piperidine rings is 1. The van der Waals surface area contributed by atoms with Crippen LogP contribution in [0.1, 0.15) is 36.0 Å². The summed E-state index contributed by atoms with van der Waals surface area (Å²) in [5.41, 5.74) is 4.33. The molecule has 6 atom stereocenters. The fourth-order valence-electron chi connectivity index (χ4n) is 7.78. The van der Waals surface area contributed by atoms with Gasteiger partial charge in [-0.25, -0.2) is 0 Å². The lowest BCUT2D eigenvalue weighted by Crippen LogP contribution is -2.74. The summed E-state index contributed by atoms with van der Waals surface area (Å²) in [6.07, 6.45) is 5.82. The van der Waals surface area contributed by atoms with E-state index >= 15 is 0 Å². The van der Waals surface area contributed by atoms with Gasteiger partial charge >= 0.3 is 0 Å². The lowest BCUT2D eigenvalue weighted by atomic mass is 9.45. The lowest BCUT2D eigenvalue weighted by molar-refractivity contribution is -0.279. The Morgan fingerprint density at radius 2 is 2.00 bits per heavy atom.